The van der Waals surface area contributed by atoms with E-state index in [-0.39, 0.29) is 11.4 Å². The molecule has 1 aromatic heterocycles. The van der Waals surface area contributed by atoms with Crippen LogP contribution in [0.1, 0.15) is 25.3 Å². The summed E-state index contributed by atoms with van der Waals surface area (Å²) >= 11 is 0. The molecule has 4 heteroatoms. The number of hydrogen-bond acceptors (Lipinski definition) is 2. The number of pyridine rings is 1. The van der Waals surface area contributed by atoms with Crippen molar-refractivity contribution in [2.45, 2.75) is 19.8 Å². The van der Waals surface area contributed by atoms with E-state index >= 15 is 0 Å². The molecule has 78 valence electrons. The smallest absolute Gasteiger partial charge is 0.152 e. The summed E-state index contributed by atoms with van der Waals surface area (Å²) in [6.45, 7) is 6.97. The highest BCUT2D eigenvalue weighted by molar-refractivity contribution is 7.69. The van der Waals surface area contributed by atoms with Gasteiger partial charge in [-0.1, -0.05) is 13.8 Å². The van der Waals surface area contributed by atoms with Crippen LogP contribution >= 0.6 is 7.14 Å². The molecule has 0 N–H and O–H groups in total. The summed E-state index contributed by atoms with van der Waals surface area (Å²) in [4.78, 5) is 3.93. The van der Waals surface area contributed by atoms with Crippen molar-refractivity contribution in [1.82, 2.24) is 4.98 Å². The predicted molar refractivity (Wildman–Crippen MR) is 57.4 cm³/mol. The molecule has 0 fully saturated rings. The van der Waals surface area contributed by atoms with Crippen LogP contribution in [0.2, 0.25) is 0 Å². The Balaban J connectivity index is 3.21. The van der Waals surface area contributed by atoms with Gasteiger partial charge in [0.1, 0.15) is 12.6 Å². The van der Waals surface area contributed by atoms with Gasteiger partial charge in [-0.05, 0) is 30.9 Å². The lowest BCUT2D eigenvalue weighted by molar-refractivity contribution is 0.582. The third-order valence-corrected chi connectivity index (χ3v) is 3.37. The molecule has 14 heavy (non-hydrogen) atoms. The van der Waals surface area contributed by atoms with Crippen molar-refractivity contribution in [3.8, 4) is 0 Å². The first kappa shape index (κ1) is 11.4. The Morgan fingerprint density at radius 2 is 2.00 bits per heavy atom. The number of rotatable bonds is 2. The maximum Gasteiger partial charge on any atom is 0.152 e. The standard InChI is InChI=1S/C10H15FNOP/c1-7(2)8-5-9(11)10(12-6-8)14(3,4)13/h5-7H,1-4H3. The molecule has 0 atom stereocenters. The Kier molecular flexibility index (Phi) is 3.10. The highest BCUT2D eigenvalue weighted by Crippen LogP contribution is 2.34. The van der Waals surface area contributed by atoms with Crippen molar-refractivity contribution >= 4 is 12.6 Å². The van der Waals surface area contributed by atoms with Gasteiger partial charge < -0.3 is 4.57 Å². The lowest BCUT2D eigenvalue weighted by atomic mass is 10.1. The number of halogens is 1. The van der Waals surface area contributed by atoms with Crippen LogP contribution in [0.5, 0.6) is 0 Å². The zero-order valence-corrected chi connectivity index (χ0v) is 9.81. The maximum absolute atomic E-state index is 13.5. The van der Waals surface area contributed by atoms with E-state index < -0.39 is 13.0 Å². The first-order chi connectivity index (χ1) is 6.32. The molecule has 0 radical (unpaired) electrons. The molecule has 0 unspecified atom stereocenters. The number of aromatic nitrogens is 1. The predicted octanol–water partition coefficient (Wildman–Crippen LogP) is 2.59. The van der Waals surface area contributed by atoms with Gasteiger partial charge in [-0.3, -0.25) is 0 Å². The summed E-state index contributed by atoms with van der Waals surface area (Å²) in [7, 11) is -2.59. The quantitative estimate of drug-likeness (QED) is 0.710. The van der Waals surface area contributed by atoms with E-state index in [2.05, 4.69) is 4.98 Å². The maximum atomic E-state index is 13.5. The molecule has 1 aromatic rings. The normalized spacial score (nSPS) is 12.1. The van der Waals surface area contributed by atoms with Crippen molar-refractivity contribution < 1.29 is 8.96 Å². The fraction of sp³-hybridized carbons (Fsp3) is 0.500. The second kappa shape index (κ2) is 3.82. The molecule has 0 saturated carbocycles. The van der Waals surface area contributed by atoms with E-state index in [0.717, 1.165) is 5.56 Å². The topological polar surface area (TPSA) is 30.0 Å². The average Bonchev–Trinajstić information content (AvgIpc) is 2.01. The zero-order valence-electron chi connectivity index (χ0n) is 8.91. The van der Waals surface area contributed by atoms with Gasteiger partial charge in [0.25, 0.3) is 0 Å². The monoisotopic (exact) mass is 215 g/mol. The lowest BCUT2D eigenvalue weighted by Gasteiger charge is -2.10. The Morgan fingerprint density at radius 1 is 1.43 bits per heavy atom. The molecule has 0 aromatic carbocycles. The van der Waals surface area contributed by atoms with E-state index in [1.807, 2.05) is 13.8 Å². The summed E-state index contributed by atoms with van der Waals surface area (Å²) in [5.41, 5.74) is 0.932. The van der Waals surface area contributed by atoms with Gasteiger partial charge in [-0.2, -0.15) is 0 Å². The highest BCUT2D eigenvalue weighted by Gasteiger charge is 2.18. The largest absolute Gasteiger partial charge is 0.318 e. The van der Waals surface area contributed by atoms with E-state index in [1.54, 1.807) is 6.20 Å². The molecule has 0 aliphatic carbocycles. The van der Waals surface area contributed by atoms with Crippen LogP contribution in [0.3, 0.4) is 0 Å². The minimum atomic E-state index is -2.59. The summed E-state index contributed by atoms with van der Waals surface area (Å²) in [5, 5.41) is 0. The van der Waals surface area contributed by atoms with Gasteiger partial charge in [-0.25, -0.2) is 9.37 Å². The van der Waals surface area contributed by atoms with Crippen molar-refractivity contribution in [1.29, 1.82) is 0 Å². The van der Waals surface area contributed by atoms with Gasteiger partial charge >= 0.3 is 0 Å². The van der Waals surface area contributed by atoms with Gasteiger partial charge in [0.05, 0.1) is 0 Å². The van der Waals surface area contributed by atoms with E-state index in [9.17, 15) is 8.96 Å². The van der Waals surface area contributed by atoms with E-state index in [4.69, 9.17) is 0 Å². The Bertz CT molecular complexity index is 384. The van der Waals surface area contributed by atoms with Crippen LogP contribution in [-0.2, 0) is 4.57 Å². The van der Waals surface area contributed by atoms with Crippen molar-refractivity contribution in [2.75, 3.05) is 13.3 Å². The minimum Gasteiger partial charge on any atom is -0.318 e. The summed E-state index contributed by atoms with van der Waals surface area (Å²) in [6.07, 6.45) is 1.60. The third kappa shape index (κ3) is 2.42. The van der Waals surface area contributed by atoms with Gasteiger partial charge in [0.15, 0.2) is 5.82 Å². The van der Waals surface area contributed by atoms with Crippen LogP contribution in [0.25, 0.3) is 0 Å². The zero-order chi connectivity index (χ0) is 10.9. The lowest BCUT2D eigenvalue weighted by Crippen LogP contribution is -2.14. The molecule has 1 heterocycles. The van der Waals surface area contributed by atoms with Crippen LogP contribution < -0.4 is 5.44 Å². The first-order valence-corrected chi connectivity index (χ1v) is 7.13. The van der Waals surface area contributed by atoms with Crippen LogP contribution in [0.4, 0.5) is 4.39 Å². The van der Waals surface area contributed by atoms with Gasteiger partial charge in [-0.15, -0.1) is 0 Å². The second-order valence-corrected chi connectivity index (χ2v) is 7.20. The molecule has 2 nitrogen and oxygen atoms in total. The molecule has 1 rings (SSSR count). The highest BCUT2D eigenvalue weighted by atomic mass is 31.2. The van der Waals surface area contributed by atoms with Crippen molar-refractivity contribution in [3.05, 3.63) is 23.6 Å². The Labute approximate surface area is 83.9 Å². The summed E-state index contributed by atoms with van der Waals surface area (Å²) in [6, 6.07) is 1.42. The van der Waals surface area contributed by atoms with E-state index in [1.165, 1.54) is 19.4 Å². The second-order valence-electron chi connectivity index (χ2n) is 4.08. The molecule has 0 aliphatic heterocycles. The fourth-order valence-electron chi connectivity index (χ4n) is 1.16. The molecule has 0 spiro atoms. The average molecular weight is 215 g/mol. The SMILES string of the molecule is CC(C)c1cnc(P(C)(C)=O)c(F)c1. The molecule has 0 bridgehead atoms. The Morgan fingerprint density at radius 3 is 2.36 bits per heavy atom. The van der Waals surface area contributed by atoms with Crippen LogP contribution in [0, 0.1) is 5.82 Å². The van der Waals surface area contributed by atoms with Crippen molar-refractivity contribution in [2.24, 2.45) is 0 Å². The van der Waals surface area contributed by atoms with Crippen LogP contribution in [-0.4, -0.2) is 18.3 Å². The minimum absolute atomic E-state index is 0.0990. The first-order valence-electron chi connectivity index (χ1n) is 4.53. The van der Waals surface area contributed by atoms with Crippen LogP contribution in [0.15, 0.2) is 12.3 Å². The van der Waals surface area contributed by atoms with Gasteiger partial charge in [0, 0.05) is 6.20 Å². The fourth-order valence-corrected chi connectivity index (χ4v) is 2.07. The number of hydrogen-bond donors (Lipinski definition) is 0. The Hall–Kier alpha value is -0.690. The van der Waals surface area contributed by atoms with Crippen molar-refractivity contribution in [3.63, 3.8) is 0 Å². The molecular formula is C10H15FNOP. The molecular weight excluding hydrogens is 200 g/mol. The molecule has 0 aliphatic rings. The van der Waals surface area contributed by atoms with E-state index in [0.29, 0.717) is 0 Å². The van der Waals surface area contributed by atoms with Gasteiger partial charge in [0.2, 0.25) is 0 Å². The molecule has 0 saturated heterocycles. The summed E-state index contributed by atoms with van der Waals surface area (Å²) < 4.78 is 25.1. The third-order valence-electron chi connectivity index (χ3n) is 2.02. The molecule has 0 amide bonds. The number of nitrogens with zero attached hydrogens (tertiary/aromatic N) is 1. The summed E-state index contributed by atoms with van der Waals surface area (Å²) in [5.74, 6) is -0.219.